The lowest BCUT2D eigenvalue weighted by Gasteiger charge is -1.93. The van der Waals surface area contributed by atoms with E-state index in [9.17, 15) is 20.2 Å². The van der Waals surface area contributed by atoms with Crippen molar-refractivity contribution in [1.82, 2.24) is 19.9 Å². The molecule has 3 rings (SSSR count). The second-order valence-electron chi connectivity index (χ2n) is 4.57. The van der Waals surface area contributed by atoms with E-state index >= 15 is 0 Å². The van der Waals surface area contributed by atoms with Crippen molar-refractivity contribution in [2.24, 2.45) is 0 Å². The molecule has 11 nitrogen and oxygen atoms in total. The molecule has 0 aliphatic carbocycles. The van der Waals surface area contributed by atoms with E-state index in [1.54, 1.807) is 0 Å². The van der Waals surface area contributed by atoms with Gasteiger partial charge in [0.15, 0.2) is 0 Å². The molecule has 0 N–H and O–H groups in total. The number of nitrogens with zero attached hydrogens (tertiary/aromatic N) is 6. The zero-order chi connectivity index (χ0) is 17.3. The number of nitro benzene ring substituents is 1. The molecule has 0 aliphatic heterocycles. The summed E-state index contributed by atoms with van der Waals surface area (Å²) in [7, 11) is 0. The molecule has 1 aromatic carbocycles. The van der Waals surface area contributed by atoms with Crippen molar-refractivity contribution in [3.8, 4) is 11.4 Å². The number of non-ortho nitro benzene ring substituents is 1. The fourth-order valence-electron chi connectivity index (χ4n) is 1.90. The highest BCUT2D eigenvalue weighted by atomic mass is 79.9. The van der Waals surface area contributed by atoms with Gasteiger partial charge < -0.3 is 14.6 Å². The molecule has 12 heteroatoms. The van der Waals surface area contributed by atoms with Gasteiger partial charge in [-0.05, 0) is 33.0 Å². The zero-order valence-electron chi connectivity index (χ0n) is 11.7. The number of nitro groups is 2. The molecule has 0 saturated carbocycles. The van der Waals surface area contributed by atoms with E-state index in [0.29, 0.717) is 5.56 Å². The van der Waals surface area contributed by atoms with E-state index in [2.05, 4.69) is 31.2 Å². The molecule has 0 atom stereocenters. The van der Waals surface area contributed by atoms with Crippen LogP contribution in [0, 0.1) is 20.2 Å². The summed E-state index contributed by atoms with van der Waals surface area (Å²) in [5.41, 5.74) is 0.499. The smallest absolute Gasteiger partial charge is 0.358 e. The Morgan fingerprint density at radius 3 is 2.46 bits per heavy atom. The minimum absolute atomic E-state index is 0.0452. The minimum atomic E-state index is -0.614. The van der Waals surface area contributed by atoms with Crippen molar-refractivity contribution in [2.75, 3.05) is 0 Å². The third kappa shape index (κ3) is 3.12. The number of halogens is 1. The van der Waals surface area contributed by atoms with Gasteiger partial charge in [0.05, 0.1) is 16.2 Å². The molecule has 3 aromatic rings. The van der Waals surface area contributed by atoms with Gasteiger partial charge in [-0.2, -0.15) is 9.67 Å². The van der Waals surface area contributed by atoms with Crippen LogP contribution < -0.4 is 0 Å². The molecule has 0 aliphatic rings. The summed E-state index contributed by atoms with van der Waals surface area (Å²) in [6.07, 6.45) is 1.42. The summed E-state index contributed by atoms with van der Waals surface area (Å²) < 4.78 is 6.59. The average Bonchev–Trinajstić information content (AvgIpc) is 3.14. The molecule has 0 radical (unpaired) electrons. The fraction of sp³-hybridized carbons (Fsp3) is 0.0833. The van der Waals surface area contributed by atoms with E-state index < -0.39 is 9.85 Å². The van der Waals surface area contributed by atoms with Gasteiger partial charge in [-0.1, -0.05) is 5.16 Å². The Bertz CT molecular complexity index is 918. The van der Waals surface area contributed by atoms with Crippen LogP contribution in [0.5, 0.6) is 0 Å². The third-order valence-corrected chi connectivity index (χ3v) is 3.53. The number of aromatic nitrogens is 4. The molecule has 0 spiro atoms. The first-order valence-electron chi connectivity index (χ1n) is 6.39. The van der Waals surface area contributed by atoms with Crippen molar-refractivity contribution in [2.45, 2.75) is 6.54 Å². The number of hydrogen-bond donors (Lipinski definition) is 0. The van der Waals surface area contributed by atoms with Gasteiger partial charge in [0.25, 0.3) is 11.6 Å². The molecule has 0 bridgehead atoms. The normalized spacial score (nSPS) is 10.7. The Kier molecular flexibility index (Phi) is 4.04. The van der Waals surface area contributed by atoms with Crippen molar-refractivity contribution >= 4 is 27.4 Å². The predicted molar refractivity (Wildman–Crippen MR) is 82.1 cm³/mol. The Hall–Kier alpha value is -3.15. The lowest BCUT2D eigenvalue weighted by atomic mass is 10.2. The van der Waals surface area contributed by atoms with Crippen molar-refractivity contribution in [1.29, 1.82) is 0 Å². The van der Waals surface area contributed by atoms with Gasteiger partial charge in [0, 0.05) is 17.7 Å². The highest BCUT2D eigenvalue weighted by Crippen LogP contribution is 2.23. The largest absolute Gasteiger partial charge is 0.404 e. The second kappa shape index (κ2) is 6.16. The molecule has 0 unspecified atom stereocenters. The van der Waals surface area contributed by atoms with Gasteiger partial charge in [-0.3, -0.25) is 10.1 Å². The van der Waals surface area contributed by atoms with Crippen LogP contribution in [0.3, 0.4) is 0 Å². The zero-order valence-corrected chi connectivity index (χ0v) is 13.3. The van der Waals surface area contributed by atoms with Crippen molar-refractivity contribution in [3.63, 3.8) is 0 Å². The fourth-order valence-corrected chi connectivity index (χ4v) is 2.36. The molecular weight excluding hydrogens is 388 g/mol. The highest BCUT2D eigenvalue weighted by molar-refractivity contribution is 9.10. The Morgan fingerprint density at radius 2 is 1.88 bits per heavy atom. The average molecular weight is 395 g/mol. The predicted octanol–water partition coefficient (Wildman–Crippen LogP) is 2.56. The topological polar surface area (TPSA) is 143 Å². The van der Waals surface area contributed by atoms with Gasteiger partial charge >= 0.3 is 5.82 Å². The standard InChI is InChI=1S/C12H7BrN6O5/c13-9-5-17(15-12(9)19(22)23)6-10-14-11(16-24-10)7-1-3-8(4-2-7)18(20)21/h1-5H,6H2. The van der Waals surface area contributed by atoms with Gasteiger partial charge in [0.2, 0.25) is 5.82 Å². The van der Waals surface area contributed by atoms with Crippen molar-refractivity contribution < 1.29 is 14.4 Å². The molecule has 0 saturated heterocycles. The number of hydrogen-bond acceptors (Lipinski definition) is 8. The van der Waals surface area contributed by atoms with E-state index in [0.717, 1.165) is 0 Å². The minimum Gasteiger partial charge on any atom is -0.358 e. The summed E-state index contributed by atoms with van der Waals surface area (Å²) in [5, 5.41) is 28.9. The van der Waals surface area contributed by atoms with Crippen LogP contribution in [-0.4, -0.2) is 29.8 Å². The Balaban J connectivity index is 1.79. The van der Waals surface area contributed by atoms with Gasteiger partial charge in [-0.15, -0.1) is 0 Å². The van der Waals surface area contributed by atoms with Gasteiger partial charge in [-0.25, -0.2) is 0 Å². The van der Waals surface area contributed by atoms with Crippen LogP contribution in [0.15, 0.2) is 39.5 Å². The SMILES string of the molecule is O=[N+]([O-])c1ccc(-c2noc(Cn3cc(Br)c([N+](=O)[O-])n3)n2)cc1. The molecule has 2 heterocycles. The monoisotopic (exact) mass is 394 g/mol. The van der Waals surface area contributed by atoms with Crippen LogP contribution >= 0.6 is 15.9 Å². The highest BCUT2D eigenvalue weighted by Gasteiger charge is 2.20. The third-order valence-electron chi connectivity index (χ3n) is 2.97. The summed E-state index contributed by atoms with van der Waals surface area (Å²) in [6, 6.07) is 5.67. The van der Waals surface area contributed by atoms with E-state index in [1.807, 2.05) is 0 Å². The molecule has 24 heavy (non-hydrogen) atoms. The second-order valence-corrected chi connectivity index (χ2v) is 5.43. The Labute approximate surface area is 141 Å². The maximum absolute atomic E-state index is 10.8. The molecule has 2 aromatic heterocycles. The number of benzene rings is 1. The lowest BCUT2D eigenvalue weighted by molar-refractivity contribution is -0.390. The lowest BCUT2D eigenvalue weighted by Crippen LogP contribution is -2.01. The van der Waals surface area contributed by atoms with E-state index in [4.69, 9.17) is 4.52 Å². The molecule has 0 fully saturated rings. The summed E-state index contributed by atoms with van der Waals surface area (Å²) >= 11 is 3.04. The summed E-state index contributed by atoms with van der Waals surface area (Å²) in [5.74, 6) is 0.124. The Morgan fingerprint density at radius 1 is 1.17 bits per heavy atom. The van der Waals surface area contributed by atoms with Crippen LogP contribution in [0.1, 0.15) is 5.89 Å². The maximum atomic E-state index is 10.8. The van der Waals surface area contributed by atoms with Crippen molar-refractivity contribution in [3.05, 3.63) is 61.1 Å². The number of rotatable bonds is 5. The first-order valence-corrected chi connectivity index (χ1v) is 7.18. The maximum Gasteiger partial charge on any atom is 0.404 e. The summed E-state index contributed by atoms with van der Waals surface area (Å²) in [4.78, 5) is 24.4. The molecular formula is C12H7BrN6O5. The summed E-state index contributed by atoms with van der Waals surface area (Å²) in [6.45, 7) is 0.0480. The van der Waals surface area contributed by atoms with Crippen LogP contribution in [0.25, 0.3) is 11.4 Å². The quantitative estimate of drug-likeness (QED) is 0.474. The van der Waals surface area contributed by atoms with Crippen LogP contribution in [0.2, 0.25) is 0 Å². The molecule has 0 amide bonds. The van der Waals surface area contributed by atoms with Crippen LogP contribution in [0.4, 0.5) is 11.5 Å². The van der Waals surface area contributed by atoms with Crippen LogP contribution in [-0.2, 0) is 6.54 Å². The first-order chi connectivity index (χ1) is 11.4. The first kappa shape index (κ1) is 15.7. The van der Waals surface area contributed by atoms with E-state index in [-0.39, 0.29) is 34.2 Å². The molecule has 122 valence electrons. The van der Waals surface area contributed by atoms with Gasteiger partial charge in [0.1, 0.15) is 11.0 Å². The van der Waals surface area contributed by atoms with E-state index in [1.165, 1.54) is 35.1 Å².